The van der Waals surface area contributed by atoms with E-state index in [1.165, 1.54) is 0 Å². The Balaban J connectivity index is 1.29. The van der Waals surface area contributed by atoms with Crippen LogP contribution in [0.15, 0.2) is 66.7 Å². The van der Waals surface area contributed by atoms with E-state index in [4.69, 9.17) is 9.47 Å². The molecule has 3 atom stereocenters. The van der Waals surface area contributed by atoms with E-state index < -0.39 is 18.2 Å². The van der Waals surface area contributed by atoms with E-state index in [0.717, 1.165) is 11.1 Å². The van der Waals surface area contributed by atoms with Crippen LogP contribution in [0.2, 0.25) is 0 Å². The number of hydrogen-bond acceptors (Lipinski definition) is 5. The van der Waals surface area contributed by atoms with Crippen LogP contribution in [0, 0.1) is 5.92 Å². The lowest BCUT2D eigenvalue weighted by Gasteiger charge is -2.33. The number of benzene rings is 2. The molecule has 0 aromatic heterocycles. The Morgan fingerprint density at radius 3 is 2.33 bits per heavy atom. The molecule has 4 rings (SSSR count). The Kier molecular flexibility index (Phi) is 7.88. The van der Waals surface area contributed by atoms with Crippen LogP contribution in [-0.2, 0) is 19.1 Å². The first-order valence-electron chi connectivity index (χ1n) is 11.4. The third-order valence-corrected chi connectivity index (χ3v) is 6.03. The summed E-state index contributed by atoms with van der Waals surface area (Å²) in [6.07, 6.45) is 4.04. The number of aliphatic hydroxyl groups excluding tert-OH is 1. The Morgan fingerprint density at radius 2 is 1.64 bits per heavy atom. The van der Waals surface area contributed by atoms with Crippen molar-refractivity contribution in [1.82, 2.24) is 5.32 Å². The fourth-order valence-electron chi connectivity index (χ4n) is 4.15. The summed E-state index contributed by atoms with van der Waals surface area (Å²) in [6, 6.07) is 17.3. The van der Waals surface area contributed by atoms with Crippen LogP contribution in [0.1, 0.15) is 19.3 Å². The van der Waals surface area contributed by atoms with E-state index >= 15 is 0 Å². The molecule has 2 aliphatic heterocycles. The van der Waals surface area contributed by atoms with Gasteiger partial charge in [0.2, 0.25) is 11.8 Å². The van der Waals surface area contributed by atoms with E-state index in [2.05, 4.69) is 10.6 Å². The van der Waals surface area contributed by atoms with E-state index in [1.54, 1.807) is 6.08 Å². The SMILES string of the molecule is O=C(C[C@@H]1C=C[C@H](NC(=O)C2CCOCC2)[C@@H](CO)O1)Nc1ccc(-c2ccccc2)cc1. The second-order valence-corrected chi connectivity index (χ2v) is 8.40. The molecule has 0 saturated carbocycles. The van der Waals surface area contributed by atoms with Gasteiger partial charge in [0.05, 0.1) is 25.2 Å². The van der Waals surface area contributed by atoms with Crippen molar-refractivity contribution in [3.8, 4) is 11.1 Å². The van der Waals surface area contributed by atoms with Crippen LogP contribution in [0.4, 0.5) is 5.69 Å². The van der Waals surface area contributed by atoms with Gasteiger partial charge in [-0.25, -0.2) is 0 Å². The minimum atomic E-state index is -0.596. The number of carbonyl (C=O) groups excluding carboxylic acids is 2. The highest BCUT2D eigenvalue weighted by Gasteiger charge is 2.31. The zero-order chi connectivity index (χ0) is 23.0. The first-order chi connectivity index (χ1) is 16.1. The lowest BCUT2D eigenvalue weighted by molar-refractivity contribution is -0.131. The molecule has 0 aliphatic carbocycles. The Labute approximate surface area is 193 Å². The van der Waals surface area contributed by atoms with Crippen molar-refractivity contribution < 1.29 is 24.2 Å². The molecule has 2 heterocycles. The lowest BCUT2D eigenvalue weighted by Crippen LogP contribution is -2.50. The van der Waals surface area contributed by atoms with Gasteiger partial charge in [-0.1, -0.05) is 54.6 Å². The zero-order valence-electron chi connectivity index (χ0n) is 18.5. The molecule has 1 fully saturated rings. The van der Waals surface area contributed by atoms with Crippen molar-refractivity contribution in [3.05, 3.63) is 66.7 Å². The van der Waals surface area contributed by atoms with Crippen molar-refractivity contribution >= 4 is 17.5 Å². The van der Waals surface area contributed by atoms with Crippen molar-refractivity contribution in [1.29, 1.82) is 0 Å². The number of anilines is 1. The van der Waals surface area contributed by atoms with Crippen LogP contribution in [-0.4, -0.2) is 55.0 Å². The van der Waals surface area contributed by atoms with Gasteiger partial charge >= 0.3 is 0 Å². The quantitative estimate of drug-likeness (QED) is 0.564. The molecule has 0 radical (unpaired) electrons. The average Bonchev–Trinajstić information content (AvgIpc) is 2.86. The third-order valence-electron chi connectivity index (χ3n) is 6.03. The van der Waals surface area contributed by atoms with Gasteiger partial charge in [0.25, 0.3) is 0 Å². The van der Waals surface area contributed by atoms with Gasteiger partial charge in [-0.3, -0.25) is 9.59 Å². The van der Waals surface area contributed by atoms with Crippen LogP contribution in [0.3, 0.4) is 0 Å². The third kappa shape index (κ3) is 6.28. The Hall–Kier alpha value is -3.00. The summed E-state index contributed by atoms with van der Waals surface area (Å²) in [5, 5.41) is 15.6. The highest BCUT2D eigenvalue weighted by Crippen LogP contribution is 2.22. The first kappa shape index (κ1) is 23.2. The molecule has 174 valence electrons. The second kappa shape index (κ2) is 11.2. The summed E-state index contributed by atoms with van der Waals surface area (Å²) in [7, 11) is 0. The number of rotatable bonds is 7. The fourth-order valence-corrected chi connectivity index (χ4v) is 4.15. The first-order valence-corrected chi connectivity index (χ1v) is 11.4. The average molecular weight is 451 g/mol. The molecule has 0 unspecified atom stereocenters. The largest absolute Gasteiger partial charge is 0.394 e. The van der Waals surface area contributed by atoms with E-state index in [-0.39, 0.29) is 30.8 Å². The summed E-state index contributed by atoms with van der Waals surface area (Å²) in [4.78, 5) is 25.0. The number of amides is 2. The molecule has 2 aromatic carbocycles. The van der Waals surface area contributed by atoms with E-state index in [1.807, 2.05) is 60.7 Å². The van der Waals surface area contributed by atoms with Crippen molar-refractivity contribution in [3.63, 3.8) is 0 Å². The topological polar surface area (TPSA) is 96.9 Å². The summed E-state index contributed by atoms with van der Waals surface area (Å²) in [6.45, 7) is 0.928. The molecule has 0 spiro atoms. The predicted molar refractivity (Wildman–Crippen MR) is 125 cm³/mol. The molecule has 2 amide bonds. The molecule has 0 bridgehead atoms. The van der Waals surface area contributed by atoms with Crippen LogP contribution in [0.25, 0.3) is 11.1 Å². The summed E-state index contributed by atoms with van der Waals surface area (Å²) >= 11 is 0. The molecule has 7 heteroatoms. The second-order valence-electron chi connectivity index (χ2n) is 8.40. The maximum atomic E-state index is 12.5. The molecule has 33 heavy (non-hydrogen) atoms. The molecule has 1 saturated heterocycles. The highest BCUT2D eigenvalue weighted by atomic mass is 16.5. The van der Waals surface area contributed by atoms with Gasteiger partial charge in [-0.2, -0.15) is 0 Å². The summed E-state index contributed by atoms with van der Waals surface area (Å²) in [5.74, 6) is -0.313. The molecular weight excluding hydrogens is 420 g/mol. The van der Waals surface area contributed by atoms with Crippen molar-refractivity contribution in [2.24, 2.45) is 5.92 Å². The van der Waals surface area contributed by atoms with Gasteiger partial charge in [0.15, 0.2) is 0 Å². The predicted octanol–water partition coefficient (Wildman–Crippen LogP) is 2.91. The number of ether oxygens (including phenoxy) is 2. The van der Waals surface area contributed by atoms with Crippen molar-refractivity contribution in [2.75, 3.05) is 25.1 Å². The van der Waals surface area contributed by atoms with Gasteiger partial charge in [-0.15, -0.1) is 0 Å². The normalized spacial score (nSPS) is 23.1. The summed E-state index contributed by atoms with van der Waals surface area (Å²) < 4.78 is 11.2. The Bertz CT molecular complexity index is 954. The number of hydrogen-bond donors (Lipinski definition) is 3. The molecular formula is C26H30N2O5. The number of aliphatic hydroxyl groups is 1. The molecule has 3 N–H and O–H groups in total. The summed E-state index contributed by atoms with van der Waals surface area (Å²) in [5.41, 5.74) is 2.90. The standard InChI is InChI=1S/C26H30N2O5/c29-17-24-23(28-26(31)20-12-14-32-15-13-20)11-10-22(33-24)16-25(30)27-21-8-6-19(7-9-21)18-4-2-1-3-5-18/h1-11,20,22-24,29H,12-17H2,(H,27,30)(H,28,31)/t22-,23-,24+/m0/s1. The Morgan fingerprint density at radius 1 is 0.939 bits per heavy atom. The molecule has 2 aromatic rings. The minimum absolute atomic E-state index is 0.0508. The lowest BCUT2D eigenvalue weighted by atomic mass is 9.97. The van der Waals surface area contributed by atoms with Crippen LogP contribution in [0.5, 0.6) is 0 Å². The van der Waals surface area contributed by atoms with Gasteiger partial charge < -0.3 is 25.2 Å². The minimum Gasteiger partial charge on any atom is -0.394 e. The van der Waals surface area contributed by atoms with Gasteiger partial charge in [-0.05, 0) is 36.1 Å². The van der Waals surface area contributed by atoms with E-state index in [0.29, 0.717) is 31.7 Å². The smallest absolute Gasteiger partial charge is 0.227 e. The maximum Gasteiger partial charge on any atom is 0.227 e. The number of carbonyl (C=O) groups is 2. The fraction of sp³-hybridized carbons (Fsp3) is 0.385. The van der Waals surface area contributed by atoms with Crippen LogP contribution >= 0.6 is 0 Å². The van der Waals surface area contributed by atoms with Crippen molar-refractivity contribution in [2.45, 2.75) is 37.5 Å². The number of nitrogens with one attached hydrogen (secondary N) is 2. The van der Waals surface area contributed by atoms with Crippen LogP contribution < -0.4 is 10.6 Å². The zero-order valence-corrected chi connectivity index (χ0v) is 18.5. The maximum absolute atomic E-state index is 12.5. The van der Waals surface area contributed by atoms with E-state index in [9.17, 15) is 14.7 Å². The van der Waals surface area contributed by atoms with Gasteiger partial charge in [0.1, 0.15) is 6.10 Å². The molecule has 2 aliphatic rings. The monoisotopic (exact) mass is 450 g/mol. The van der Waals surface area contributed by atoms with Gasteiger partial charge in [0, 0.05) is 24.8 Å². The highest BCUT2D eigenvalue weighted by molar-refractivity contribution is 5.91. The molecule has 7 nitrogen and oxygen atoms in total.